The highest BCUT2D eigenvalue weighted by atomic mass is 35.5. The Hall–Kier alpha value is -1.06. The Balaban J connectivity index is 2.50. The van der Waals surface area contributed by atoms with Crippen LogP contribution in [0.2, 0.25) is 5.02 Å². The number of hydrogen-bond donors (Lipinski definition) is 0. The Bertz CT molecular complexity index is 535. The molecule has 2 rings (SSSR count). The minimum atomic E-state index is 0.331. The van der Waals surface area contributed by atoms with Crippen LogP contribution in [0.15, 0.2) is 24.3 Å². The van der Waals surface area contributed by atoms with Crippen molar-refractivity contribution in [3.05, 3.63) is 40.9 Å². The Morgan fingerprint density at radius 2 is 1.94 bits per heavy atom. The first kappa shape index (κ1) is 13.4. The van der Waals surface area contributed by atoms with Crippen molar-refractivity contribution in [3.63, 3.8) is 0 Å². The van der Waals surface area contributed by atoms with Gasteiger partial charge < -0.3 is 0 Å². The van der Waals surface area contributed by atoms with Gasteiger partial charge in [0.1, 0.15) is 5.82 Å². The van der Waals surface area contributed by atoms with E-state index in [9.17, 15) is 0 Å². The standard InChI is InChI=1S/C13H15Cl2N3/c1-9(2)6-12-16-17-13(8-14)18(12)11-5-3-4-10(15)7-11/h3-5,7,9H,6,8H2,1-2H3. The molecule has 1 aromatic heterocycles. The molecule has 0 atom stereocenters. The van der Waals surface area contributed by atoms with Crippen LogP contribution >= 0.6 is 23.2 Å². The van der Waals surface area contributed by atoms with E-state index >= 15 is 0 Å². The number of alkyl halides is 1. The van der Waals surface area contributed by atoms with E-state index in [-0.39, 0.29) is 0 Å². The molecule has 0 aliphatic rings. The SMILES string of the molecule is CC(C)Cc1nnc(CCl)n1-c1cccc(Cl)c1. The van der Waals surface area contributed by atoms with Gasteiger partial charge in [0.25, 0.3) is 0 Å². The minimum absolute atomic E-state index is 0.331. The fourth-order valence-electron chi connectivity index (χ4n) is 1.85. The summed E-state index contributed by atoms with van der Waals surface area (Å²) >= 11 is 11.9. The summed E-state index contributed by atoms with van der Waals surface area (Å²) in [4.78, 5) is 0. The Morgan fingerprint density at radius 3 is 2.56 bits per heavy atom. The zero-order valence-electron chi connectivity index (χ0n) is 10.4. The van der Waals surface area contributed by atoms with E-state index in [1.54, 1.807) is 0 Å². The number of aromatic nitrogens is 3. The summed E-state index contributed by atoms with van der Waals surface area (Å²) in [6, 6.07) is 7.63. The molecule has 96 valence electrons. The van der Waals surface area contributed by atoms with Crippen LogP contribution < -0.4 is 0 Å². The van der Waals surface area contributed by atoms with E-state index in [2.05, 4.69) is 24.0 Å². The number of nitrogens with zero attached hydrogens (tertiary/aromatic N) is 3. The number of rotatable bonds is 4. The van der Waals surface area contributed by atoms with E-state index in [0.29, 0.717) is 16.8 Å². The third-order valence-electron chi connectivity index (χ3n) is 2.57. The van der Waals surface area contributed by atoms with Gasteiger partial charge in [-0.25, -0.2) is 0 Å². The van der Waals surface area contributed by atoms with Crippen LogP contribution in [-0.4, -0.2) is 14.8 Å². The lowest BCUT2D eigenvalue weighted by Crippen LogP contribution is -2.07. The van der Waals surface area contributed by atoms with Crippen molar-refractivity contribution in [2.75, 3.05) is 0 Å². The van der Waals surface area contributed by atoms with Crippen LogP contribution in [0.4, 0.5) is 0 Å². The van der Waals surface area contributed by atoms with Crippen LogP contribution in [0.3, 0.4) is 0 Å². The molecule has 0 spiro atoms. The summed E-state index contributed by atoms with van der Waals surface area (Å²) in [6.07, 6.45) is 0.858. The molecule has 0 aliphatic carbocycles. The van der Waals surface area contributed by atoms with Gasteiger partial charge >= 0.3 is 0 Å². The molecule has 0 saturated carbocycles. The van der Waals surface area contributed by atoms with Crippen molar-refractivity contribution in [1.82, 2.24) is 14.8 Å². The second-order valence-corrected chi connectivity index (χ2v) is 5.28. The molecule has 0 unspecified atom stereocenters. The van der Waals surface area contributed by atoms with Gasteiger partial charge in [0.15, 0.2) is 5.82 Å². The first-order valence-electron chi connectivity index (χ1n) is 5.87. The van der Waals surface area contributed by atoms with E-state index in [4.69, 9.17) is 23.2 Å². The molecule has 0 bridgehead atoms. The van der Waals surface area contributed by atoms with E-state index < -0.39 is 0 Å². The molecule has 2 aromatic rings. The Kier molecular flexibility index (Phi) is 4.25. The second-order valence-electron chi connectivity index (χ2n) is 4.58. The fourth-order valence-corrected chi connectivity index (χ4v) is 2.21. The highest BCUT2D eigenvalue weighted by Crippen LogP contribution is 2.20. The van der Waals surface area contributed by atoms with Crippen LogP contribution in [0, 0.1) is 5.92 Å². The van der Waals surface area contributed by atoms with Crippen molar-refractivity contribution < 1.29 is 0 Å². The zero-order chi connectivity index (χ0) is 13.1. The summed E-state index contributed by atoms with van der Waals surface area (Å²) in [6.45, 7) is 4.30. The van der Waals surface area contributed by atoms with Crippen molar-refractivity contribution in [2.24, 2.45) is 5.92 Å². The quantitative estimate of drug-likeness (QED) is 0.798. The highest BCUT2D eigenvalue weighted by Gasteiger charge is 2.14. The summed E-state index contributed by atoms with van der Waals surface area (Å²) in [5, 5.41) is 9.04. The topological polar surface area (TPSA) is 30.7 Å². The summed E-state index contributed by atoms with van der Waals surface area (Å²) in [5.74, 6) is 2.50. The molecule has 0 amide bonds. The second kappa shape index (κ2) is 5.72. The molecule has 0 aliphatic heterocycles. The van der Waals surface area contributed by atoms with Gasteiger partial charge in [-0.1, -0.05) is 31.5 Å². The normalized spacial score (nSPS) is 11.2. The third-order valence-corrected chi connectivity index (χ3v) is 3.05. The Morgan fingerprint density at radius 1 is 1.22 bits per heavy atom. The molecule has 5 heteroatoms. The van der Waals surface area contributed by atoms with Crippen LogP contribution in [0.5, 0.6) is 0 Å². The summed E-state index contributed by atoms with van der Waals surface area (Å²) in [5.41, 5.74) is 0.957. The zero-order valence-corrected chi connectivity index (χ0v) is 11.9. The predicted molar refractivity (Wildman–Crippen MR) is 74.5 cm³/mol. The maximum absolute atomic E-state index is 6.03. The number of halogens is 2. The first-order valence-corrected chi connectivity index (χ1v) is 6.78. The average Bonchev–Trinajstić information content (AvgIpc) is 2.71. The summed E-state index contributed by atoms with van der Waals surface area (Å²) < 4.78 is 1.98. The van der Waals surface area contributed by atoms with Gasteiger partial charge in [0.05, 0.1) is 11.6 Å². The smallest absolute Gasteiger partial charge is 0.152 e. The number of hydrogen-bond acceptors (Lipinski definition) is 2. The van der Waals surface area contributed by atoms with E-state index in [0.717, 1.165) is 23.8 Å². The van der Waals surface area contributed by atoms with E-state index in [1.165, 1.54) is 0 Å². The van der Waals surface area contributed by atoms with Gasteiger partial charge in [0, 0.05) is 11.4 Å². The lowest BCUT2D eigenvalue weighted by atomic mass is 10.1. The monoisotopic (exact) mass is 283 g/mol. The lowest BCUT2D eigenvalue weighted by molar-refractivity contribution is 0.611. The molecule has 1 heterocycles. The van der Waals surface area contributed by atoms with Gasteiger partial charge in [0.2, 0.25) is 0 Å². The van der Waals surface area contributed by atoms with Crippen LogP contribution in [0.25, 0.3) is 5.69 Å². The van der Waals surface area contributed by atoms with Gasteiger partial charge in [-0.2, -0.15) is 0 Å². The van der Waals surface area contributed by atoms with Crippen molar-refractivity contribution >= 4 is 23.2 Å². The van der Waals surface area contributed by atoms with Crippen LogP contribution in [-0.2, 0) is 12.3 Å². The van der Waals surface area contributed by atoms with Gasteiger partial charge in [-0.15, -0.1) is 21.8 Å². The fraction of sp³-hybridized carbons (Fsp3) is 0.385. The first-order chi connectivity index (χ1) is 8.61. The van der Waals surface area contributed by atoms with Crippen molar-refractivity contribution in [2.45, 2.75) is 26.1 Å². The molecular formula is C13H15Cl2N3. The molecule has 0 saturated heterocycles. The van der Waals surface area contributed by atoms with Crippen LogP contribution in [0.1, 0.15) is 25.5 Å². The molecule has 0 radical (unpaired) electrons. The molecule has 3 nitrogen and oxygen atoms in total. The lowest BCUT2D eigenvalue weighted by Gasteiger charge is -2.11. The van der Waals surface area contributed by atoms with E-state index in [1.807, 2.05) is 28.8 Å². The molecular weight excluding hydrogens is 269 g/mol. The Labute approximate surface area is 117 Å². The van der Waals surface area contributed by atoms with Crippen molar-refractivity contribution in [3.8, 4) is 5.69 Å². The third kappa shape index (κ3) is 2.85. The average molecular weight is 284 g/mol. The highest BCUT2D eigenvalue weighted by molar-refractivity contribution is 6.30. The maximum Gasteiger partial charge on any atom is 0.152 e. The summed E-state index contributed by atoms with van der Waals surface area (Å²) in [7, 11) is 0. The van der Waals surface area contributed by atoms with Gasteiger partial charge in [-0.3, -0.25) is 4.57 Å². The van der Waals surface area contributed by atoms with Crippen molar-refractivity contribution in [1.29, 1.82) is 0 Å². The van der Waals surface area contributed by atoms with Gasteiger partial charge in [-0.05, 0) is 24.1 Å². The number of benzene rings is 1. The predicted octanol–water partition coefficient (Wildman–Crippen LogP) is 3.86. The molecule has 0 fully saturated rings. The molecule has 0 N–H and O–H groups in total. The molecule has 1 aromatic carbocycles. The minimum Gasteiger partial charge on any atom is -0.282 e. The largest absolute Gasteiger partial charge is 0.282 e. The molecule has 18 heavy (non-hydrogen) atoms. The maximum atomic E-state index is 6.03.